The molecule has 1 aliphatic heterocycles. The Hall–Kier alpha value is -0.860. The minimum absolute atomic E-state index is 0.117. The summed E-state index contributed by atoms with van der Waals surface area (Å²) in [6.45, 7) is 3.89. The molecule has 1 aromatic rings. The van der Waals surface area contributed by atoms with Crippen LogP contribution in [-0.4, -0.2) is 13.2 Å². The lowest BCUT2D eigenvalue weighted by Gasteiger charge is -2.12. The van der Waals surface area contributed by atoms with Crippen molar-refractivity contribution in [2.45, 2.75) is 13.2 Å². The summed E-state index contributed by atoms with van der Waals surface area (Å²) in [5.74, 6) is 0. The van der Waals surface area contributed by atoms with E-state index in [1.807, 2.05) is 12.1 Å². The highest BCUT2D eigenvalue weighted by Gasteiger charge is 2.17. The Balaban J connectivity index is 2.26. The highest BCUT2D eigenvalue weighted by atomic mass is 16.5. The Bertz CT molecular complexity index is 266. The SMILES string of the molecule is Cc1ccccc1C1NCCO1. The highest BCUT2D eigenvalue weighted by molar-refractivity contribution is 5.27. The fourth-order valence-electron chi connectivity index (χ4n) is 1.51. The van der Waals surface area contributed by atoms with Crippen molar-refractivity contribution in [3.8, 4) is 0 Å². The van der Waals surface area contributed by atoms with Crippen LogP contribution in [0.25, 0.3) is 0 Å². The zero-order chi connectivity index (χ0) is 8.39. The van der Waals surface area contributed by atoms with Crippen molar-refractivity contribution in [3.63, 3.8) is 0 Å². The number of nitrogens with one attached hydrogen (secondary N) is 1. The van der Waals surface area contributed by atoms with Crippen molar-refractivity contribution in [3.05, 3.63) is 35.4 Å². The van der Waals surface area contributed by atoms with Crippen LogP contribution in [0.4, 0.5) is 0 Å². The number of benzene rings is 1. The summed E-state index contributed by atoms with van der Waals surface area (Å²) in [6, 6.07) is 8.32. The maximum atomic E-state index is 5.51. The van der Waals surface area contributed by atoms with E-state index in [2.05, 4.69) is 24.4 Å². The van der Waals surface area contributed by atoms with E-state index < -0.39 is 0 Å². The molecule has 0 amide bonds. The fraction of sp³-hybridized carbons (Fsp3) is 0.400. The first-order chi connectivity index (χ1) is 5.88. The third-order valence-corrected chi connectivity index (χ3v) is 2.19. The lowest BCUT2D eigenvalue weighted by atomic mass is 10.1. The van der Waals surface area contributed by atoms with Gasteiger partial charge in [0.2, 0.25) is 0 Å². The van der Waals surface area contributed by atoms with Crippen molar-refractivity contribution in [2.75, 3.05) is 13.2 Å². The van der Waals surface area contributed by atoms with Gasteiger partial charge in [-0.3, -0.25) is 5.32 Å². The summed E-state index contributed by atoms with van der Waals surface area (Å²) in [5.41, 5.74) is 2.55. The van der Waals surface area contributed by atoms with E-state index in [0.29, 0.717) is 0 Å². The molecule has 0 aliphatic carbocycles. The number of aryl methyl sites for hydroxylation is 1. The fourth-order valence-corrected chi connectivity index (χ4v) is 1.51. The zero-order valence-electron chi connectivity index (χ0n) is 7.21. The molecule has 0 spiro atoms. The average Bonchev–Trinajstić information content (AvgIpc) is 2.57. The van der Waals surface area contributed by atoms with Gasteiger partial charge in [0.05, 0.1) is 6.61 Å². The average molecular weight is 163 g/mol. The lowest BCUT2D eigenvalue weighted by molar-refractivity contribution is 0.101. The van der Waals surface area contributed by atoms with Crippen LogP contribution in [0.15, 0.2) is 24.3 Å². The van der Waals surface area contributed by atoms with E-state index in [1.165, 1.54) is 11.1 Å². The third kappa shape index (κ3) is 1.36. The van der Waals surface area contributed by atoms with E-state index >= 15 is 0 Å². The van der Waals surface area contributed by atoms with Gasteiger partial charge in [0.1, 0.15) is 6.23 Å². The van der Waals surface area contributed by atoms with Gasteiger partial charge in [-0.1, -0.05) is 24.3 Å². The molecule has 64 valence electrons. The molecule has 1 aromatic carbocycles. The number of rotatable bonds is 1. The number of hydrogen-bond acceptors (Lipinski definition) is 2. The summed E-state index contributed by atoms with van der Waals surface area (Å²) < 4.78 is 5.51. The van der Waals surface area contributed by atoms with Gasteiger partial charge in [0, 0.05) is 6.54 Å². The number of hydrogen-bond donors (Lipinski definition) is 1. The minimum Gasteiger partial charge on any atom is -0.358 e. The molecule has 2 heteroatoms. The van der Waals surface area contributed by atoms with Crippen LogP contribution in [0.2, 0.25) is 0 Å². The summed E-state index contributed by atoms with van der Waals surface area (Å²) in [7, 11) is 0. The molecule has 1 fully saturated rings. The van der Waals surface area contributed by atoms with E-state index in [-0.39, 0.29) is 6.23 Å². The predicted molar refractivity (Wildman–Crippen MR) is 47.9 cm³/mol. The molecule has 2 nitrogen and oxygen atoms in total. The largest absolute Gasteiger partial charge is 0.358 e. The van der Waals surface area contributed by atoms with Crippen LogP contribution in [-0.2, 0) is 4.74 Å². The van der Waals surface area contributed by atoms with Gasteiger partial charge in [-0.25, -0.2) is 0 Å². The van der Waals surface area contributed by atoms with Crippen molar-refractivity contribution in [2.24, 2.45) is 0 Å². The van der Waals surface area contributed by atoms with Gasteiger partial charge >= 0.3 is 0 Å². The molecule has 1 saturated heterocycles. The van der Waals surface area contributed by atoms with Crippen LogP contribution in [0.3, 0.4) is 0 Å². The van der Waals surface area contributed by atoms with Gasteiger partial charge in [-0.15, -0.1) is 0 Å². The molecular weight excluding hydrogens is 150 g/mol. The topological polar surface area (TPSA) is 21.3 Å². The molecule has 1 atom stereocenters. The van der Waals surface area contributed by atoms with Crippen LogP contribution >= 0.6 is 0 Å². The Morgan fingerprint density at radius 1 is 1.42 bits per heavy atom. The standard InChI is InChI=1S/C10H13NO/c1-8-4-2-3-5-9(8)10-11-6-7-12-10/h2-5,10-11H,6-7H2,1H3. The quantitative estimate of drug-likeness (QED) is 0.679. The summed E-state index contributed by atoms with van der Waals surface area (Å²) >= 11 is 0. The summed E-state index contributed by atoms with van der Waals surface area (Å²) in [5, 5.41) is 3.29. The molecule has 0 radical (unpaired) electrons. The van der Waals surface area contributed by atoms with Gasteiger partial charge < -0.3 is 4.74 Å². The van der Waals surface area contributed by atoms with Crippen molar-refractivity contribution in [1.29, 1.82) is 0 Å². The molecule has 1 unspecified atom stereocenters. The van der Waals surface area contributed by atoms with Crippen LogP contribution < -0.4 is 5.32 Å². The van der Waals surface area contributed by atoms with Gasteiger partial charge in [-0.05, 0) is 18.1 Å². The zero-order valence-corrected chi connectivity index (χ0v) is 7.21. The summed E-state index contributed by atoms with van der Waals surface area (Å²) in [4.78, 5) is 0. The molecule has 0 bridgehead atoms. The normalized spacial score (nSPS) is 22.9. The van der Waals surface area contributed by atoms with Crippen molar-refractivity contribution in [1.82, 2.24) is 5.32 Å². The van der Waals surface area contributed by atoms with Gasteiger partial charge in [0.25, 0.3) is 0 Å². The monoisotopic (exact) mass is 163 g/mol. The first kappa shape index (κ1) is 7.77. The Morgan fingerprint density at radius 3 is 2.92 bits per heavy atom. The molecule has 0 aromatic heterocycles. The first-order valence-corrected chi connectivity index (χ1v) is 4.28. The first-order valence-electron chi connectivity index (χ1n) is 4.28. The summed E-state index contributed by atoms with van der Waals surface area (Å²) in [6.07, 6.45) is 0.117. The molecule has 1 heterocycles. The van der Waals surface area contributed by atoms with Crippen LogP contribution in [0, 0.1) is 6.92 Å². The Morgan fingerprint density at radius 2 is 2.25 bits per heavy atom. The maximum absolute atomic E-state index is 5.51. The molecule has 1 aliphatic rings. The highest BCUT2D eigenvalue weighted by Crippen LogP contribution is 2.20. The van der Waals surface area contributed by atoms with Gasteiger partial charge in [0.15, 0.2) is 0 Å². The second-order valence-electron chi connectivity index (χ2n) is 3.06. The van der Waals surface area contributed by atoms with Crippen LogP contribution in [0.5, 0.6) is 0 Å². The van der Waals surface area contributed by atoms with Crippen LogP contribution in [0.1, 0.15) is 17.4 Å². The van der Waals surface area contributed by atoms with E-state index in [1.54, 1.807) is 0 Å². The second-order valence-corrected chi connectivity index (χ2v) is 3.06. The molecule has 1 N–H and O–H groups in total. The van der Waals surface area contributed by atoms with E-state index in [4.69, 9.17) is 4.74 Å². The molecule has 2 rings (SSSR count). The maximum Gasteiger partial charge on any atom is 0.134 e. The second kappa shape index (κ2) is 3.25. The van der Waals surface area contributed by atoms with E-state index in [9.17, 15) is 0 Å². The Kier molecular flexibility index (Phi) is 2.11. The van der Waals surface area contributed by atoms with Crippen molar-refractivity contribution >= 4 is 0 Å². The predicted octanol–water partition coefficient (Wildman–Crippen LogP) is 1.61. The molecular formula is C10H13NO. The number of ether oxygens (including phenoxy) is 1. The minimum atomic E-state index is 0.117. The molecule has 0 saturated carbocycles. The molecule has 12 heavy (non-hydrogen) atoms. The van der Waals surface area contributed by atoms with E-state index in [0.717, 1.165) is 13.2 Å². The van der Waals surface area contributed by atoms with Gasteiger partial charge in [-0.2, -0.15) is 0 Å². The van der Waals surface area contributed by atoms with Crippen molar-refractivity contribution < 1.29 is 4.74 Å². The lowest BCUT2D eigenvalue weighted by Crippen LogP contribution is -2.14. The third-order valence-electron chi connectivity index (χ3n) is 2.19. The Labute approximate surface area is 72.5 Å². The smallest absolute Gasteiger partial charge is 0.134 e.